The molecule has 0 aromatic carbocycles. The van der Waals surface area contributed by atoms with E-state index in [1.165, 1.54) is 14.0 Å². The van der Waals surface area contributed by atoms with Crippen LogP contribution in [0.4, 0.5) is 0 Å². The van der Waals surface area contributed by atoms with Crippen molar-refractivity contribution in [1.29, 1.82) is 0 Å². The Balaban J connectivity index is 1.95. The highest BCUT2D eigenvalue weighted by Crippen LogP contribution is 2.70. The van der Waals surface area contributed by atoms with E-state index >= 15 is 0 Å². The molecule has 4 aliphatic carbocycles. The molecule has 0 aromatic rings. The Bertz CT molecular complexity index is 1180. The maximum absolute atomic E-state index is 14.5. The third-order valence-corrected chi connectivity index (χ3v) is 11.1. The van der Waals surface area contributed by atoms with Gasteiger partial charge < -0.3 is 9.47 Å². The van der Waals surface area contributed by atoms with Crippen molar-refractivity contribution in [2.75, 3.05) is 7.11 Å². The lowest BCUT2D eigenvalue weighted by Crippen LogP contribution is -2.64. The first kappa shape index (κ1) is 28.4. The number of allylic oxidation sites excluding steroid dienone is 1. The van der Waals surface area contributed by atoms with Gasteiger partial charge in [-0.25, -0.2) is 0 Å². The maximum atomic E-state index is 14.5. The van der Waals surface area contributed by atoms with E-state index in [-0.39, 0.29) is 66.1 Å². The van der Waals surface area contributed by atoms with Gasteiger partial charge in [0.2, 0.25) is 5.78 Å². The van der Waals surface area contributed by atoms with Crippen molar-refractivity contribution in [1.82, 2.24) is 0 Å². The highest BCUT2D eigenvalue weighted by Gasteiger charge is 2.74. The molecule has 208 valence electrons. The molecule has 4 rings (SSSR count). The number of carbonyl (C=O) groups is 6. The number of methoxy groups -OCH3 is 1. The quantitative estimate of drug-likeness (QED) is 0.492. The van der Waals surface area contributed by atoms with Crippen LogP contribution in [0, 0.1) is 39.4 Å². The summed E-state index contributed by atoms with van der Waals surface area (Å²) < 4.78 is 10.6. The van der Waals surface area contributed by atoms with Gasteiger partial charge in [-0.2, -0.15) is 0 Å². The lowest BCUT2D eigenvalue weighted by atomic mass is 9.42. The summed E-state index contributed by atoms with van der Waals surface area (Å²) in [6.07, 6.45) is 0.167. The monoisotopic (exact) mass is 528 g/mol. The van der Waals surface area contributed by atoms with E-state index in [1.807, 2.05) is 27.7 Å². The van der Waals surface area contributed by atoms with E-state index in [2.05, 4.69) is 0 Å². The lowest BCUT2D eigenvalue weighted by Gasteiger charge is -2.59. The van der Waals surface area contributed by atoms with Gasteiger partial charge in [0.1, 0.15) is 11.6 Å². The number of hydrogen-bond donors (Lipinski definition) is 0. The number of rotatable bonds is 5. The van der Waals surface area contributed by atoms with Crippen LogP contribution in [-0.4, -0.2) is 48.3 Å². The van der Waals surface area contributed by atoms with E-state index < -0.39 is 51.4 Å². The molecule has 0 spiro atoms. The van der Waals surface area contributed by atoms with Crippen LogP contribution in [0.3, 0.4) is 0 Å². The first-order valence-electron chi connectivity index (χ1n) is 13.6. The molecule has 38 heavy (non-hydrogen) atoms. The molecular formula is C30H40O8. The standard InChI is InChI=1S/C30H40O8/c1-15(9-10-22(35)37-8)17-13-21(34)30(7)23-18(32)14-19-27(3,4)20(33)11-12-28(19,5)24(23)25(36)26(29(17,30)6)38-16(2)31/h15,17,19,26H,9-14H2,1-8H3/t15-,17+,19+,26+,28-,29-,30-/m0/s1. The Hall–Kier alpha value is -2.64. The molecule has 0 bridgehead atoms. The largest absolute Gasteiger partial charge is 0.469 e. The van der Waals surface area contributed by atoms with Crippen LogP contribution in [0.2, 0.25) is 0 Å². The average Bonchev–Trinajstić information content (AvgIpc) is 3.05. The fourth-order valence-electron chi connectivity index (χ4n) is 8.62. The first-order chi connectivity index (χ1) is 17.5. The second-order valence-electron chi connectivity index (χ2n) is 13.1. The smallest absolute Gasteiger partial charge is 0.305 e. The van der Waals surface area contributed by atoms with E-state index in [0.29, 0.717) is 12.8 Å². The van der Waals surface area contributed by atoms with Gasteiger partial charge in [0.15, 0.2) is 11.9 Å². The van der Waals surface area contributed by atoms with Crippen molar-refractivity contribution in [2.45, 2.75) is 93.1 Å². The Morgan fingerprint density at radius 3 is 2.18 bits per heavy atom. The zero-order valence-corrected chi connectivity index (χ0v) is 23.8. The topological polar surface area (TPSA) is 121 Å². The molecule has 0 radical (unpaired) electrons. The molecule has 0 aromatic heterocycles. The van der Waals surface area contributed by atoms with E-state index in [9.17, 15) is 28.8 Å². The Morgan fingerprint density at radius 2 is 1.61 bits per heavy atom. The minimum absolute atomic E-state index is 0.0594. The molecule has 7 atom stereocenters. The summed E-state index contributed by atoms with van der Waals surface area (Å²) in [7, 11) is 1.32. The fraction of sp³-hybridized carbons (Fsp3) is 0.733. The number of ether oxygens (including phenoxy) is 2. The van der Waals surface area contributed by atoms with Crippen LogP contribution in [0.15, 0.2) is 11.1 Å². The molecule has 0 aliphatic heterocycles. The Morgan fingerprint density at radius 1 is 0.974 bits per heavy atom. The van der Waals surface area contributed by atoms with Crippen LogP contribution in [-0.2, 0) is 38.2 Å². The minimum Gasteiger partial charge on any atom is -0.469 e. The van der Waals surface area contributed by atoms with Gasteiger partial charge in [0, 0.05) is 60.0 Å². The number of hydrogen-bond acceptors (Lipinski definition) is 8. The van der Waals surface area contributed by atoms with E-state index in [1.54, 1.807) is 13.8 Å². The normalized spacial score (nSPS) is 38.8. The van der Waals surface area contributed by atoms with Gasteiger partial charge in [-0.05, 0) is 37.5 Å². The summed E-state index contributed by atoms with van der Waals surface area (Å²) in [5.74, 6) is -2.81. The summed E-state index contributed by atoms with van der Waals surface area (Å²) >= 11 is 0. The molecule has 2 saturated carbocycles. The van der Waals surface area contributed by atoms with Crippen molar-refractivity contribution >= 4 is 35.1 Å². The zero-order chi connectivity index (χ0) is 28.6. The number of fused-ring (bicyclic) bond motifs is 4. The fourth-order valence-corrected chi connectivity index (χ4v) is 8.62. The molecule has 0 heterocycles. The maximum Gasteiger partial charge on any atom is 0.305 e. The molecule has 8 nitrogen and oxygen atoms in total. The SMILES string of the molecule is COC(=O)CC[C@H](C)[C@H]1CC(=O)[C@@]2(C)C3=C(C(=O)[C@@H](OC(C)=O)[C@]12C)[C@@]1(C)CCC(=O)C(C)(C)[C@H]1CC3=O. The van der Waals surface area contributed by atoms with Crippen LogP contribution >= 0.6 is 0 Å². The molecule has 2 fully saturated rings. The number of ketones is 4. The third kappa shape index (κ3) is 3.54. The Labute approximate surface area is 224 Å². The first-order valence-corrected chi connectivity index (χ1v) is 13.6. The molecule has 0 unspecified atom stereocenters. The second-order valence-corrected chi connectivity index (χ2v) is 13.1. The number of Topliss-reactive ketones (excluding diaryl/α,β-unsaturated/α-hetero) is 4. The van der Waals surface area contributed by atoms with Crippen LogP contribution in [0.5, 0.6) is 0 Å². The lowest BCUT2D eigenvalue weighted by molar-refractivity contribution is -0.175. The van der Waals surface area contributed by atoms with E-state index in [0.717, 1.165) is 0 Å². The van der Waals surface area contributed by atoms with Gasteiger partial charge >= 0.3 is 11.9 Å². The van der Waals surface area contributed by atoms with Crippen molar-refractivity contribution in [3.05, 3.63) is 11.1 Å². The van der Waals surface area contributed by atoms with Crippen LogP contribution in [0.1, 0.15) is 87.0 Å². The van der Waals surface area contributed by atoms with Gasteiger partial charge in [0.25, 0.3) is 0 Å². The molecule has 0 N–H and O–H groups in total. The highest BCUT2D eigenvalue weighted by atomic mass is 16.5. The average molecular weight is 529 g/mol. The minimum atomic E-state index is -1.35. The highest BCUT2D eigenvalue weighted by molar-refractivity contribution is 6.18. The predicted molar refractivity (Wildman–Crippen MR) is 137 cm³/mol. The number of carbonyl (C=O) groups excluding carboxylic acids is 6. The molecular weight excluding hydrogens is 488 g/mol. The van der Waals surface area contributed by atoms with Crippen LogP contribution < -0.4 is 0 Å². The van der Waals surface area contributed by atoms with Gasteiger partial charge in [-0.1, -0.05) is 34.6 Å². The van der Waals surface area contributed by atoms with Crippen molar-refractivity contribution in [2.24, 2.45) is 39.4 Å². The Kier molecular flexibility index (Phi) is 6.68. The van der Waals surface area contributed by atoms with Crippen molar-refractivity contribution in [3.8, 4) is 0 Å². The van der Waals surface area contributed by atoms with Gasteiger partial charge in [-0.3, -0.25) is 28.8 Å². The molecule has 4 aliphatic rings. The summed E-state index contributed by atoms with van der Waals surface area (Å²) in [5.41, 5.74) is -3.62. The second kappa shape index (κ2) is 8.95. The summed E-state index contributed by atoms with van der Waals surface area (Å²) in [6, 6.07) is 0. The predicted octanol–water partition coefficient (Wildman–Crippen LogP) is 3.97. The molecule has 0 saturated heterocycles. The van der Waals surface area contributed by atoms with Crippen molar-refractivity contribution < 1.29 is 38.2 Å². The van der Waals surface area contributed by atoms with Crippen molar-refractivity contribution in [3.63, 3.8) is 0 Å². The summed E-state index contributed by atoms with van der Waals surface area (Å²) in [4.78, 5) is 79.7. The van der Waals surface area contributed by atoms with Gasteiger partial charge in [0.05, 0.1) is 12.5 Å². The zero-order valence-electron chi connectivity index (χ0n) is 23.8. The number of esters is 2. The van der Waals surface area contributed by atoms with Crippen LogP contribution in [0.25, 0.3) is 0 Å². The third-order valence-electron chi connectivity index (χ3n) is 11.1. The van der Waals surface area contributed by atoms with E-state index in [4.69, 9.17) is 9.47 Å². The summed E-state index contributed by atoms with van der Waals surface area (Å²) in [5, 5.41) is 0. The molecule has 0 amide bonds. The molecule has 8 heteroatoms. The van der Waals surface area contributed by atoms with Gasteiger partial charge in [-0.15, -0.1) is 0 Å². The summed E-state index contributed by atoms with van der Waals surface area (Å²) in [6.45, 7) is 12.3.